The predicted octanol–water partition coefficient (Wildman–Crippen LogP) is 1.67. The van der Waals surface area contributed by atoms with Crippen LogP contribution in [0, 0.1) is 0 Å². The number of aromatic nitrogens is 2. The van der Waals surface area contributed by atoms with Gasteiger partial charge in [-0.15, -0.1) is 12.4 Å². The molecule has 0 saturated carbocycles. The van der Waals surface area contributed by atoms with E-state index in [0.717, 1.165) is 25.9 Å². The van der Waals surface area contributed by atoms with E-state index in [1.165, 1.54) is 0 Å². The van der Waals surface area contributed by atoms with Crippen molar-refractivity contribution in [3.63, 3.8) is 0 Å². The minimum atomic E-state index is 0. The van der Waals surface area contributed by atoms with E-state index < -0.39 is 0 Å². The van der Waals surface area contributed by atoms with Crippen LogP contribution in [0.3, 0.4) is 0 Å². The normalized spacial score (nSPS) is 20.2. The molecule has 0 spiro atoms. The molecule has 1 saturated heterocycles. The van der Waals surface area contributed by atoms with Crippen LogP contribution in [0.2, 0.25) is 0 Å². The van der Waals surface area contributed by atoms with Crippen LogP contribution in [-0.2, 0) is 6.54 Å². The average molecular weight is 285 g/mol. The Kier molecular flexibility index (Phi) is 4.57. The van der Waals surface area contributed by atoms with E-state index in [2.05, 4.69) is 15.0 Å². The zero-order valence-corrected chi connectivity index (χ0v) is 11.3. The van der Waals surface area contributed by atoms with E-state index in [1.807, 2.05) is 6.07 Å². The molecule has 6 nitrogen and oxygen atoms in total. The van der Waals surface area contributed by atoms with Crippen LogP contribution >= 0.6 is 12.4 Å². The molecular weight excluding hydrogens is 268 g/mol. The number of rotatable bonds is 3. The number of nitrogens with two attached hydrogens (primary N) is 1. The van der Waals surface area contributed by atoms with E-state index in [4.69, 9.17) is 14.7 Å². The molecule has 2 N–H and O–H groups in total. The van der Waals surface area contributed by atoms with Gasteiger partial charge in [0.25, 0.3) is 0 Å². The smallest absolute Gasteiger partial charge is 0.241 e. The molecule has 0 unspecified atom stereocenters. The van der Waals surface area contributed by atoms with Gasteiger partial charge in [0.15, 0.2) is 5.76 Å². The molecule has 0 amide bonds. The fourth-order valence-electron chi connectivity index (χ4n) is 2.25. The molecule has 3 rings (SSSR count). The molecule has 0 aliphatic carbocycles. The summed E-state index contributed by atoms with van der Waals surface area (Å²) < 4.78 is 10.4. The summed E-state index contributed by atoms with van der Waals surface area (Å²) in [5.41, 5.74) is 5.94. The second kappa shape index (κ2) is 6.18. The third kappa shape index (κ3) is 3.34. The van der Waals surface area contributed by atoms with Crippen molar-refractivity contribution in [3.8, 4) is 11.6 Å². The maximum Gasteiger partial charge on any atom is 0.241 e. The first-order chi connectivity index (χ1) is 8.81. The highest BCUT2D eigenvalue weighted by molar-refractivity contribution is 5.85. The maximum atomic E-state index is 5.94. The molecule has 104 valence electrons. The number of hydrogen-bond donors (Lipinski definition) is 1. The van der Waals surface area contributed by atoms with Gasteiger partial charge in [-0.2, -0.15) is 4.98 Å². The van der Waals surface area contributed by atoms with Crippen molar-refractivity contribution in [2.45, 2.75) is 25.4 Å². The molecule has 2 aromatic heterocycles. The van der Waals surface area contributed by atoms with Gasteiger partial charge >= 0.3 is 0 Å². The third-order valence-corrected chi connectivity index (χ3v) is 3.11. The van der Waals surface area contributed by atoms with Crippen LogP contribution in [0.15, 0.2) is 27.3 Å². The highest BCUT2D eigenvalue weighted by atomic mass is 35.5. The standard InChI is InChI=1S/C12H16N4O2.ClH/c13-9-3-1-5-16(7-9)8-11-14-12(15-18-11)10-4-2-6-17-10;/h2,4,6,9H,1,3,5,7-8,13H2;1H/t9-;/m1./s1. The minimum absolute atomic E-state index is 0. The summed E-state index contributed by atoms with van der Waals surface area (Å²) >= 11 is 0. The van der Waals surface area contributed by atoms with E-state index in [1.54, 1.807) is 12.3 Å². The molecule has 19 heavy (non-hydrogen) atoms. The van der Waals surface area contributed by atoms with Crippen LogP contribution in [0.1, 0.15) is 18.7 Å². The summed E-state index contributed by atoms with van der Waals surface area (Å²) in [6.07, 6.45) is 3.81. The molecule has 7 heteroatoms. The summed E-state index contributed by atoms with van der Waals surface area (Å²) in [6.45, 7) is 2.58. The first-order valence-electron chi connectivity index (χ1n) is 6.15. The number of furan rings is 1. The lowest BCUT2D eigenvalue weighted by atomic mass is 10.1. The van der Waals surface area contributed by atoms with Crippen molar-refractivity contribution in [2.24, 2.45) is 5.73 Å². The lowest BCUT2D eigenvalue weighted by Gasteiger charge is -2.29. The van der Waals surface area contributed by atoms with Crippen molar-refractivity contribution in [1.82, 2.24) is 15.0 Å². The number of piperidine rings is 1. The Morgan fingerprint density at radius 3 is 3.11 bits per heavy atom. The van der Waals surface area contributed by atoms with Gasteiger partial charge in [0, 0.05) is 12.6 Å². The lowest BCUT2D eigenvalue weighted by molar-refractivity contribution is 0.178. The van der Waals surface area contributed by atoms with Gasteiger partial charge in [-0.25, -0.2) is 0 Å². The summed E-state index contributed by atoms with van der Waals surface area (Å²) in [7, 11) is 0. The van der Waals surface area contributed by atoms with E-state index in [-0.39, 0.29) is 18.4 Å². The van der Waals surface area contributed by atoms with Crippen LogP contribution < -0.4 is 5.73 Å². The molecule has 3 heterocycles. The van der Waals surface area contributed by atoms with Crippen molar-refractivity contribution in [3.05, 3.63) is 24.3 Å². The van der Waals surface area contributed by atoms with Crippen molar-refractivity contribution < 1.29 is 8.94 Å². The zero-order chi connectivity index (χ0) is 12.4. The molecule has 0 aromatic carbocycles. The Balaban J connectivity index is 0.00000133. The summed E-state index contributed by atoms with van der Waals surface area (Å²) in [6, 6.07) is 3.87. The zero-order valence-electron chi connectivity index (χ0n) is 10.5. The highest BCUT2D eigenvalue weighted by Crippen LogP contribution is 2.17. The van der Waals surface area contributed by atoms with Gasteiger partial charge in [0.05, 0.1) is 12.8 Å². The topological polar surface area (TPSA) is 81.3 Å². The Hall–Kier alpha value is -1.37. The first-order valence-corrected chi connectivity index (χ1v) is 6.15. The Bertz CT molecular complexity index is 500. The molecule has 1 fully saturated rings. The van der Waals surface area contributed by atoms with E-state index in [9.17, 15) is 0 Å². The van der Waals surface area contributed by atoms with E-state index >= 15 is 0 Å². The second-order valence-electron chi connectivity index (χ2n) is 4.63. The summed E-state index contributed by atoms with van der Waals surface area (Å²) in [5, 5.41) is 3.91. The minimum Gasteiger partial charge on any atom is -0.461 e. The van der Waals surface area contributed by atoms with Crippen LogP contribution in [0.25, 0.3) is 11.6 Å². The van der Waals surface area contributed by atoms with Crippen molar-refractivity contribution >= 4 is 12.4 Å². The molecule has 2 aromatic rings. The molecule has 0 radical (unpaired) electrons. The fraction of sp³-hybridized carbons (Fsp3) is 0.500. The van der Waals surface area contributed by atoms with E-state index in [0.29, 0.717) is 24.0 Å². The molecule has 1 aliphatic rings. The van der Waals surface area contributed by atoms with Crippen molar-refractivity contribution in [2.75, 3.05) is 13.1 Å². The van der Waals surface area contributed by atoms with Crippen LogP contribution in [-0.4, -0.2) is 34.2 Å². The number of nitrogens with zero attached hydrogens (tertiary/aromatic N) is 3. The van der Waals surface area contributed by atoms with Gasteiger partial charge < -0.3 is 14.7 Å². The lowest BCUT2D eigenvalue weighted by Crippen LogP contribution is -2.42. The highest BCUT2D eigenvalue weighted by Gasteiger charge is 2.19. The molecule has 1 atom stereocenters. The van der Waals surface area contributed by atoms with Gasteiger partial charge in [-0.3, -0.25) is 4.90 Å². The SMILES string of the molecule is Cl.N[C@@H]1CCCN(Cc2nc(-c3ccco3)no2)C1. The van der Waals surface area contributed by atoms with Gasteiger partial charge in [0.1, 0.15) is 0 Å². The Labute approximate surface area is 117 Å². The average Bonchev–Trinajstić information content (AvgIpc) is 2.98. The van der Waals surface area contributed by atoms with Crippen molar-refractivity contribution in [1.29, 1.82) is 0 Å². The fourth-order valence-corrected chi connectivity index (χ4v) is 2.25. The number of likely N-dealkylation sites (tertiary alicyclic amines) is 1. The maximum absolute atomic E-state index is 5.94. The van der Waals surface area contributed by atoms with Crippen LogP contribution in [0.5, 0.6) is 0 Å². The second-order valence-corrected chi connectivity index (χ2v) is 4.63. The van der Waals surface area contributed by atoms with Crippen LogP contribution in [0.4, 0.5) is 0 Å². The quantitative estimate of drug-likeness (QED) is 0.923. The molecule has 1 aliphatic heterocycles. The monoisotopic (exact) mass is 284 g/mol. The third-order valence-electron chi connectivity index (χ3n) is 3.11. The largest absolute Gasteiger partial charge is 0.461 e. The first kappa shape index (κ1) is 14.0. The molecule has 0 bridgehead atoms. The molecular formula is C12H17ClN4O2. The number of halogens is 1. The number of hydrogen-bond acceptors (Lipinski definition) is 6. The predicted molar refractivity (Wildman–Crippen MR) is 71.7 cm³/mol. The van der Waals surface area contributed by atoms with Gasteiger partial charge in [-0.1, -0.05) is 5.16 Å². The summed E-state index contributed by atoms with van der Waals surface area (Å²) in [5.74, 6) is 1.73. The Morgan fingerprint density at radius 1 is 1.47 bits per heavy atom. The Morgan fingerprint density at radius 2 is 2.37 bits per heavy atom. The van der Waals surface area contributed by atoms with Gasteiger partial charge in [-0.05, 0) is 31.5 Å². The summed E-state index contributed by atoms with van der Waals surface area (Å²) in [4.78, 5) is 6.56. The van der Waals surface area contributed by atoms with Gasteiger partial charge in [0.2, 0.25) is 11.7 Å².